The van der Waals surface area contributed by atoms with Gasteiger partial charge in [0.15, 0.2) is 0 Å². The van der Waals surface area contributed by atoms with E-state index in [1.54, 1.807) is 6.20 Å². The molecule has 3 N–H and O–H groups in total. The molecule has 1 heterocycles. The van der Waals surface area contributed by atoms with E-state index in [0.717, 1.165) is 11.3 Å². The lowest BCUT2D eigenvalue weighted by Gasteiger charge is -1.94. The first-order valence-electron chi connectivity index (χ1n) is 4.61. The molecule has 0 atom stereocenters. The zero-order valence-electron chi connectivity index (χ0n) is 8.03. The minimum atomic E-state index is 0.189. The predicted octanol–water partition coefficient (Wildman–Crippen LogP) is 0.664. The van der Waals surface area contributed by atoms with E-state index < -0.39 is 0 Å². The first kappa shape index (κ1) is 10.7. The monoisotopic (exact) mass is 190 g/mol. The van der Waals surface area contributed by atoms with Gasteiger partial charge in [-0.25, -0.2) is 4.98 Å². The molecular formula is C11H14N2O. The zero-order chi connectivity index (χ0) is 10.2. The Morgan fingerprint density at radius 2 is 2.29 bits per heavy atom. The van der Waals surface area contributed by atoms with Gasteiger partial charge in [-0.05, 0) is 24.0 Å². The Kier molecular flexibility index (Phi) is 4.70. The van der Waals surface area contributed by atoms with Crippen molar-refractivity contribution in [2.24, 2.45) is 5.73 Å². The van der Waals surface area contributed by atoms with Gasteiger partial charge in [0.25, 0.3) is 0 Å². The summed E-state index contributed by atoms with van der Waals surface area (Å²) in [6.45, 7) is 0.694. The molecule has 0 saturated heterocycles. The number of hydrogen-bond acceptors (Lipinski definition) is 3. The molecule has 1 rings (SSSR count). The first-order chi connectivity index (χ1) is 6.86. The molecule has 0 saturated carbocycles. The molecule has 1 aromatic rings. The van der Waals surface area contributed by atoms with Crippen molar-refractivity contribution in [3.8, 4) is 11.8 Å². The van der Waals surface area contributed by atoms with E-state index >= 15 is 0 Å². The molecule has 0 amide bonds. The van der Waals surface area contributed by atoms with E-state index in [9.17, 15) is 0 Å². The van der Waals surface area contributed by atoms with Crippen molar-refractivity contribution in [2.75, 3.05) is 6.61 Å². The third-order valence-electron chi connectivity index (χ3n) is 1.74. The van der Waals surface area contributed by atoms with Crippen LogP contribution < -0.4 is 5.73 Å². The van der Waals surface area contributed by atoms with Crippen LogP contribution in [0.3, 0.4) is 0 Å². The summed E-state index contributed by atoms with van der Waals surface area (Å²) in [7, 11) is 0. The van der Waals surface area contributed by atoms with Gasteiger partial charge in [0.1, 0.15) is 5.69 Å². The van der Waals surface area contributed by atoms with Gasteiger partial charge in [0.2, 0.25) is 0 Å². The van der Waals surface area contributed by atoms with Gasteiger partial charge >= 0.3 is 0 Å². The second kappa shape index (κ2) is 6.14. The molecule has 0 radical (unpaired) electrons. The smallest absolute Gasteiger partial charge is 0.113 e. The Bertz CT molecular complexity index is 321. The number of rotatable bonds is 3. The summed E-state index contributed by atoms with van der Waals surface area (Å²) in [5.41, 5.74) is 7.19. The quantitative estimate of drug-likeness (QED) is 0.544. The van der Waals surface area contributed by atoms with Crippen LogP contribution in [-0.4, -0.2) is 16.7 Å². The standard InChI is InChI=1S/C11H14N2O/c12-8-10-5-6-11(13-9-10)4-2-1-3-7-14/h5-6,9,14H,1,3,7-8,12H2. The molecule has 14 heavy (non-hydrogen) atoms. The number of aliphatic hydroxyl groups is 1. The minimum absolute atomic E-state index is 0.189. The topological polar surface area (TPSA) is 59.1 Å². The van der Waals surface area contributed by atoms with Crippen LogP contribution >= 0.6 is 0 Å². The van der Waals surface area contributed by atoms with E-state index in [-0.39, 0.29) is 6.61 Å². The molecule has 0 bridgehead atoms. The molecule has 0 spiro atoms. The highest BCUT2D eigenvalue weighted by Gasteiger charge is 1.89. The highest BCUT2D eigenvalue weighted by atomic mass is 16.2. The summed E-state index contributed by atoms with van der Waals surface area (Å²) in [6, 6.07) is 3.77. The predicted molar refractivity (Wildman–Crippen MR) is 55.3 cm³/mol. The molecule has 0 aliphatic rings. The van der Waals surface area contributed by atoms with Crippen LogP contribution in [-0.2, 0) is 6.54 Å². The summed E-state index contributed by atoms with van der Waals surface area (Å²) < 4.78 is 0. The van der Waals surface area contributed by atoms with Crippen molar-refractivity contribution in [1.29, 1.82) is 0 Å². The van der Waals surface area contributed by atoms with Gasteiger partial charge < -0.3 is 10.8 Å². The molecule has 3 nitrogen and oxygen atoms in total. The van der Waals surface area contributed by atoms with Crippen LogP contribution in [0, 0.1) is 11.8 Å². The molecule has 1 aromatic heterocycles. The van der Waals surface area contributed by atoms with E-state index in [4.69, 9.17) is 10.8 Å². The molecule has 0 unspecified atom stereocenters. The number of unbranched alkanes of at least 4 members (excludes halogenated alkanes) is 1. The highest BCUT2D eigenvalue weighted by Crippen LogP contribution is 1.97. The Labute approximate surface area is 84.0 Å². The number of aromatic nitrogens is 1. The summed E-state index contributed by atoms with van der Waals surface area (Å²) >= 11 is 0. The molecule has 74 valence electrons. The maximum absolute atomic E-state index is 8.53. The largest absolute Gasteiger partial charge is 0.396 e. The normalized spacial score (nSPS) is 9.29. The Balaban J connectivity index is 2.53. The van der Waals surface area contributed by atoms with Gasteiger partial charge in [-0.15, -0.1) is 0 Å². The van der Waals surface area contributed by atoms with Gasteiger partial charge in [-0.2, -0.15) is 0 Å². The van der Waals surface area contributed by atoms with Gasteiger partial charge in [-0.3, -0.25) is 0 Å². The van der Waals surface area contributed by atoms with Crippen molar-refractivity contribution in [3.63, 3.8) is 0 Å². The van der Waals surface area contributed by atoms with E-state index in [0.29, 0.717) is 19.4 Å². The van der Waals surface area contributed by atoms with Crippen LogP contribution in [0.2, 0.25) is 0 Å². The second-order valence-corrected chi connectivity index (χ2v) is 2.88. The second-order valence-electron chi connectivity index (χ2n) is 2.88. The lowest BCUT2D eigenvalue weighted by Crippen LogP contribution is -1.96. The minimum Gasteiger partial charge on any atom is -0.396 e. The fourth-order valence-electron chi connectivity index (χ4n) is 0.940. The average molecular weight is 190 g/mol. The van der Waals surface area contributed by atoms with Crippen molar-refractivity contribution < 1.29 is 5.11 Å². The van der Waals surface area contributed by atoms with Gasteiger partial charge in [-0.1, -0.05) is 12.0 Å². The summed E-state index contributed by atoms with van der Waals surface area (Å²) in [5, 5.41) is 8.53. The third kappa shape index (κ3) is 3.56. The summed E-state index contributed by atoms with van der Waals surface area (Å²) in [4.78, 5) is 4.13. The number of hydrogen-bond donors (Lipinski definition) is 2. The lowest BCUT2D eigenvalue weighted by atomic mass is 10.2. The molecular weight excluding hydrogens is 176 g/mol. The van der Waals surface area contributed by atoms with Crippen LogP contribution in [0.25, 0.3) is 0 Å². The molecule has 3 heteroatoms. The first-order valence-corrected chi connectivity index (χ1v) is 4.61. The van der Waals surface area contributed by atoms with Crippen LogP contribution in [0.15, 0.2) is 18.3 Å². The van der Waals surface area contributed by atoms with Gasteiger partial charge in [0.05, 0.1) is 0 Å². The van der Waals surface area contributed by atoms with Gasteiger partial charge in [0, 0.05) is 25.8 Å². The fourth-order valence-corrected chi connectivity index (χ4v) is 0.940. The number of pyridine rings is 1. The molecule has 0 fully saturated rings. The molecule has 0 aliphatic carbocycles. The fraction of sp³-hybridized carbons (Fsp3) is 0.364. The lowest BCUT2D eigenvalue weighted by molar-refractivity contribution is 0.290. The highest BCUT2D eigenvalue weighted by molar-refractivity contribution is 5.28. The van der Waals surface area contributed by atoms with Crippen LogP contribution in [0.4, 0.5) is 0 Å². The summed E-state index contributed by atoms with van der Waals surface area (Å²) in [6.07, 6.45) is 3.15. The Hall–Kier alpha value is -1.37. The van der Waals surface area contributed by atoms with E-state index in [1.165, 1.54) is 0 Å². The van der Waals surface area contributed by atoms with Crippen molar-refractivity contribution in [1.82, 2.24) is 4.98 Å². The van der Waals surface area contributed by atoms with Crippen molar-refractivity contribution >= 4 is 0 Å². The number of nitrogens with two attached hydrogens (primary N) is 1. The Morgan fingerprint density at radius 3 is 2.86 bits per heavy atom. The summed E-state index contributed by atoms with van der Waals surface area (Å²) in [5.74, 6) is 5.85. The van der Waals surface area contributed by atoms with Crippen LogP contribution in [0.5, 0.6) is 0 Å². The maximum atomic E-state index is 8.53. The number of aliphatic hydroxyl groups excluding tert-OH is 1. The van der Waals surface area contributed by atoms with Crippen molar-refractivity contribution in [3.05, 3.63) is 29.6 Å². The molecule has 0 aromatic carbocycles. The Morgan fingerprint density at radius 1 is 1.43 bits per heavy atom. The number of nitrogens with zero attached hydrogens (tertiary/aromatic N) is 1. The molecule has 0 aliphatic heterocycles. The van der Waals surface area contributed by atoms with Crippen LogP contribution in [0.1, 0.15) is 24.1 Å². The maximum Gasteiger partial charge on any atom is 0.113 e. The van der Waals surface area contributed by atoms with E-state index in [2.05, 4.69) is 16.8 Å². The third-order valence-corrected chi connectivity index (χ3v) is 1.74. The average Bonchev–Trinajstić information content (AvgIpc) is 2.25. The zero-order valence-corrected chi connectivity index (χ0v) is 8.03. The SMILES string of the molecule is NCc1ccc(C#CCCCO)nc1. The van der Waals surface area contributed by atoms with E-state index in [1.807, 2.05) is 12.1 Å². The van der Waals surface area contributed by atoms with Crippen molar-refractivity contribution in [2.45, 2.75) is 19.4 Å².